The first-order valence-corrected chi connectivity index (χ1v) is 6.38. The number of carbonyl (C=O) groups is 1. The van der Waals surface area contributed by atoms with Crippen molar-refractivity contribution in [3.05, 3.63) is 59.4 Å². The lowest BCUT2D eigenvalue weighted by atomic mass is 10.1. The average Bonchev–Trinajstić information content (AvgIpc) is 2.38. The first kappa shape index (κ1) is 14.1. The smallest absolute Gasteiger partial charge is 0.253 e. The van der Waals surface area contributed by atoms with E-state index in [-0.39, 0.29) is 17.5 Å². The molecule has 0 saturated carbocycles. The van der Waals surface area contributed by atoms with Gasteiger partial charge in [-0.05, 0) is 32.0 Å². The molecule has 0 radical (unpaired) electrons. The number of hydrogen-bond acceptors (Lipinski definition) is 3. The summed E-state index contributed by atoms with van der Waals surface area (Å²) >= 11 is 0. The molecular formula is C15H16FN3O. The molecule has 5 heteroatoms. The average molecular weight is 273 g/mol. The lowest BCUT2D eigenvalue weighted by molar-refractivity contribution is 0.0939. The van der Waals surface area contributed by atoms with E-state index >= 15 is 0 Å². The van der Waals surface area contributed by atoms with Crippen LogP contribution in [-0.4, -0.2) is 21.9 Å². The fourth-order valence-electron chi connectivity index (χ4n) is 1.92. The Labute approximate surface area is 117 Å². The molecule has 0 bridgehead atoms. The SMILES string of the molecule is Cc1cccc(C[C@H](C)NC(=O)c2cncc(F)c2)n1. The Balaban J connectivity index is 1.97. The van der Waals surface area contributed by atoms with Crippen molar-refractivity contribution in [1.29, 1.82) is 0 Å². The molecule has 0 aromatic carbocycles. The van der Waals surface area contributed by atoms with Gasteiger partial charge in [0.2, 0.25) is 0 Å². The Bertz CT molecular complexity index is 616. The molecule has 0 aliphatic carbocycles. The summed E-state index contributed by atoms with van der Waals surface area (Å²) in [6.07, 6.45) is 3.03. The number of rotatable bonds is 4. The van der Waals surface area contributed by atoms with Crippen LogP contribution in [0.2, 0.25) is 0 Å². The summed E-state index contributed by atoms with van der Waals surface area (Å²) in [5.41, 5.74) is 2.07. The van der Waals surface area contributed by atoms with Gasteiger partial charge in [0.05, 0.1) is 11.8 Å². The summed E-state index contributed by atoms with van der Waals surface area (Å²) in [6, 6.07) is 6.84. The molecule has 0 saturated heterocycles. The van der Waals surface area contributed by atoms with Gasteiger partial charge in [-0.15, -0.1) is 0 Å². The van der Waals surface area contributed by atoms with Crippen LogP contribution < -0.4 is 5.32 Å². The van der Waals surface area contributed by atoms with Gasteiger partial charge in [0, 0.05) is 30.0 Å². The summed E-state index contributed by atoms with van der Waals surface area (Å²) in [4.78, 5) is 20.0. The number of amides is 1. The fraction of sp³-hybridized carbons (Fsp3) is 0.267. The lowest BCUT2D eigenvalue weighted by Gasteiger charge is -2.13. The van der Waals surface area contributed by atoms with E-state index in [1.807, 2.05) is 32.0 Å². The highest BCUT2D eigenvalue weighted by Gasteiger charge is 2.12. The zero-order valence-electron chi connectivity index (χ0n) is 11.4. The molecule has 2 heterocycles. The molecule has 0 spiro atoms. The monoisotopic (exact) mass is 273 g/mol. The van der Waals surface area contributed by atoms with Crippen molar-refractivity contribution in [2.24, 2.45) is 0 Å². The predicted octanol–water partition coefficient (Wildman–Crippen LogP) is 2.29. The Morgan fingerprint density at radius 1 is 1.40 bits per heavy atom. The van der Waals surface area contributed by atoms with Crippen LogP contribution in [0.3, 0.4) is 0 Å². The molecule has 2 aromatic heterocycles. The van der Waals surface area contributed by atoms with Gasteiger partial charge >= 0.3 is 0 Å². The second-order valence-corrected chi connectivity index (χ2v) is 4.74. The number of halogens is 1. The zero-order valence-corrected chi connectivity index (χ0v) is 11.4. The topological polar surface area (TPSA) is 54.9 Å². The number of carbonyl (C=O) groups excluding carboxylic acids is 1. The van der Waals surface area contributed by atoms with E-state index in [1.54, 1.807) is 0 Å². The Hall–Kier alpha value is -2.30. The highest BCUT2D eigenvalue weighted by molar-refractivity contribution is 5.94. The van der Waals surface area contributed by atoms with E-state index in [0.717, 1.165) is 17.6 Å². The van der Waals surface area contributed by atoms with Gasteiger partial charge in [0.1, 0.15) is 5.82 Å². The van der Waals surface area contributed by atoms with Crippen molar-refractivity contribution in [1.82, 2.24) is 15.3 Å². The Morgan fingerprint density at radius 3 is 2.90 bits per heavy atom. The summed E-state index contributed by atoms with van der Waals surface area (Å²) < 4.78 is 13.0. The third-order valence-electron chi connectivity index (χ3n) is 2.81. The third-order valence-corrected chi connectivity index (χ3v) is 2.81. The first-order valence-electron chi connectivity index (χ1n) is 6.38. The molecule has 0 unspecified atom stereocenters. The van der Waals surface area contributed by atoms with Crippen LogP contribution in [0.25, 0.3) is 0 Å². The van der Waals surface area contributed by atoms with Gasteiger partial charge in [0.25, 0.3) is 5.91 Å². The van der Waals surface area contributed by atoms with Crippen LogP contribution in [-0.2, 0) is 6.42 Å². The minimum atomic E-state index is -0.523. The number of nitrogens with zero attached hydrogens (tertiary/aromatic N) is 2. The first-order chi connectivity index (χ1) is 9.54. The maximum atomic E-state index is 13.0. The van der Waals surface area contributed by atoms with Crippen molar-refractivity contribution in [3.8, 4) is 0 Å². The van der Waals surface area contributed by atoms with Gasteiger partial charge in [-0.2, -0.15) is 0 Å². The van der Waals surface area contributed by atoms with E-state index in [9.17, 15) is 9.18 Å². The van der Waals surface area contributed by atoms with Crippen molar-refractivity contribution < 1.29 is 9.18 Å². The van der Waals surface area contributed by atoms with Crippen molar-refractivity contribution in [2.75, 3.05) is 0 Å². The minimum absolute atomic E-state index is 0.0972. The van der Waals surface area contributed by atoms with Crippen LogP contribution in [0, 0.1) is 12.7 Å². The minimum Gasteiger partial charge on any atom is -0.349 e. The molecule has 0 fully saturated rings. The van der Waals surface area contributed by atoms with Crippen LogP contribution in [0.15, 0.2) is 36.7 Å². The molecule has 0 aliphatic rings. The molecule has 2 rings (SSSR count). The molecule has 1 N–H and O–H groups in total. The number of aromatic nitrogens is 2. The molecule has 1 atom stereocenters. The van der Waals surface area contributed by atoms with Crippen LogP contribution in [0.5, 0.6) is 0 Å². The summed E-state index contributed by atoms with van der Waals surface area (Å²) in [7, 11) is 0. The fourth-order valence-corrected chi connectivity index (χ4v) is 1.92. The normalized spacial score (nSPS) is 11.9. The summed E-state index contributed by atoms with van der Waals surface area (Å²) in [5.74, 6) is -0.859. The number of hydrogen-bond donors (Lipinski definition) is 1. The highest BCUT2D eigenvalue weighted by Crippen LogP contribution is 2.04. The van der Waals surface area contributed by atoms with Gasteiger partial charge in [-0.1, -0.05) is 6.07 Å². The maximum absolute atomic E-state index is 13.0. The summed E-state index contributed by atoms with van der Waals surface area (Å²) in [5, 5.41) is 2.81. The van der Waals surface area contributed by atoms with Gasteiger partial charge in [-0.3, -0.25) is 14.8 Å². The zero-order chi connectivity index (χ0) is 14.5. The molecule has 2 aromatic rings. The second kappa shape index (κ2) is 6.23. The van der Waals surface area contributed by atoms with E-state index in [0.29, 0.717) is 6.42 Å². The van der Waals surface area contributed by atoms with Crippen LogP contribution >= 0.6 is 0 Å². The Kier molecular flexibility index (Phi) is 4.40. The van der Waals surface area contributed by atoms with Crippen molar-refractivity contribution >= 4 is 5.91 Å². The molecule has 104 valence electrons. The Morgan fingerprint density at radius 2 is 2.20 bits per heavy atom. The van der Waals surface area contributed by atoms with Gasteiger partial charge in [0.15, 0.2) is 0 Å². The summed E-state index contributed by atoms with van der Waals surface area (Å²) in [6.45, 7) is 3.81. The molecular weight excluding hydrogens is 257 g/mol. The van der Waals surface area contributed by atoms with E-state index in [1.165, 1.54) is 12.3 Å². The molecule has 1 amide bonds. The van der Waals surface area contributed by atoms with Crippen molar-refractivity contribution in [3.63, 3.8) is 0 Å². The maximum Gasteiger partial charge on any atom is 0.253 e. The highest BCUT2D eigenvalue weighted by atomic mass is 19.1. The molecule has 0 aliphatic heterocycles. The number of pyridine rings is 2. The van der Waals surface area contributed by atoms with Crippen LogP contribution in [0.1, 0.15) is 28.7 Å². The second-order valence-electron chi connectivity index (χ2n) is 4.74. The van der Waals surface area contributed by atoms with Crippen molar-refractivity contribution in [2.45, 2.75) is 26.3 Å². The number of nitrogens with one attached hydrogen (secondary N) is 1. The van der Waals surface area contributed by atoms with E-state index < -0.39 is 5.82 Å². The van der Waals surface area contributed by atoms with Gasteiger partial charge in [-0.25, -0.2) is 4.39 Å². The number of aryl methyl sites for hydroxylation is 1. The predicted molar refractivity (Wildman–Crippen MR) is 73.8 cm³/mol. The lowest BCUT2D eigenvalue weighted by Crippen LogP contribution is -2.34. The van der Waals surface area contributed by atoms with Gasteiger partial charge < -0.3 is 5.32 Å². The van der Waals surface area contributed by atoms with Crippen LogP contribution in [0.4, 0.5) is 4.39 Å². The largest absolute Gasteiger partial charge is 0.349 e. The molecule has 20 heavy (non-hydrogen) atoms. The third kappa shape index (κ3) is 3.85. The quantitative estimate of drug-likeness (QED) is 0.929. The van der Waals surface area contributed by atoms with E-state index in [2.05, 4.69) is 15.3 Å². The van der Waals surface area contributed by atoms with E-state index in [4.69, 9.17) is 0 Å². The standard InChI is InChI=1S/C15H16FN3O/c1-10-4-3-5-14(18-10)6-11(2)19-15(20)12-7-13(16)9-17-8-12/h3-5,7-9,11H,6H2,1-2H3,(H,19,20)/t11-/m0/s1. The molecule has 4 nitrogen and oxygen atoms in total.